The van der Waals surface area contributed by atoms with Crippen LogP contribution in [0.1, 0.15) is 5.56 Å². The SMILES string of the molecule is NC(Cc1c[nH]c2ccccc12)C(=O)OCC(=O)O. The Labute approximate surface area is 109 Å². The first-order chi connectivity index (χ1) is 9.08. The monoisotopic (exact) mass is 262 g/mol. The lowest BCUT2D eigenvalue weighted by Gasteiger charge is -2.09. The zero-order valence-electron chi connectivity index (χ0n) is 10.1. The van der Waals surface area contributed by atoms with Crippen molar-refractivity contribution in [3.05, 3.63) is 36.0 Å². The summed E-state index contributed by atoms with van der Waals surface area (Å²) in [5.74, 6) is -1.92. The van der Waals surface area contributed by atoms with Gasteiger partial charge in [-0.15, -0.1) is 0 Å². The minimum absolute atomic E-state index is 0.294. The normalized spacial score (nSPS) is 12.3. The predicted octanol–water partition coefficient (Wildman–Crippen LogP) is 0.666. The Bertz CT molecular complexity index is 605. The molecule has 1 atom stereocenters. The standard InChI is InChI=1S/C13H14N2O4/c14-10(13(18)19-7-12(16)17)5-8-6-15-11-4-2-1-3-9(8)11/h1-4,6,10,15H,5,7,14H2,(H,16,17). The van der Waals surface area contributed by atoms with Crippen LogP contribution in [-0.2, 0) is 20.7 Å². The van der Waals surface area contributed by atoms with E-state index in [4.69, 9.17) is 10.8 Å². The number of hydrogen-bond donors (Lipinski definition) is 3. The number of aromatic amines is 1. The third kappa shape index (κ3) is 3.11. The number of carbonyl (C=O) groups excluding carboxylic acids is 1. The molecule has 0 spiro atoms. The highest BCUT2D eigenvalue weighted by Gasteiger charge is 2.18. The van der Waals surface area contributed by atoms with E-state index < -0.39 is 24.6 Å². The van der Waals surface area contributed by atoms with E-state index in [-0.39, 0.29) is 0 Å². The van der Waals surface area contributed by atoms with Crippen molar-refractivity contribution >= 4 is 22.8 Å². The molecule has 0 aliphatic heterocycles. The van der Waals surface area contributed by atoms with E-state index >= 15 is 0 Å². The van der Waals surface area contributed by atoms with Gasteiger partial charge in [0.25, 0.3) is 0 Å². The number of ether oxygens (including phenoxy) is 1. The molecule has 2 aromatic rings. The summed E-state index contributed by atoms with van der Waals surface area (Å²) < 4.78 is 4.55. The molecule has 1 unspecified atom stereocenters. The van der Waals surface area contributed by atoms with Crippen molar-refractivity contribution in [2.24, 2.45) is 5.73 Å². The maximum atomic E-state index is 11.5. The molecule has 0 amide bonds. The number of carbonyl (C=O) groups is 2. The van der Waals surface area contributed by atoms with Crippen LogP contribution in [0, 0.1) is 0 Å². The molecule has 0 bridgehead atoms. The number of aromatic nitrogens is 1. The van der Waals surface area contributed by atoms with Crippen molar-refractivity contribution in [3.63, 3.8) is 0 Å². The molecule has 0 aliphatic carbocycles. The second kappa shape index (κ2) is 5.53. The van der Waals surface area contributed by atoms with Crippen molar-refractivity contribution < 1.29 is 19.4 Å². The minimum atomic E-state index is -1.20. The number of nitrogens with two attached hydrogens (primary N) is 1. The van der Waals surface area contributed by atoms with E-state index in [2.05, 4.69) is 9.72 Å². The number of hydrogen-bond acceptors (Lipinski definition) is 4. The van der Waals surface area contributed by atoms with Crippen molar-refractivity contribution in [1.29, 1.82) is 0 Å². The largest absolute Gasteiger partial charge is 0.479 e. The highest BCUT2D eigenvalue weighted by Crippen LogP contribution is 2.18. The molecule has 4 N–H and O–H groups in total. The number of H-pyrrole nitrogens is 1. The number of aliphatic carboxylic acids is 1. The summed E-state index contributed by atoms with van der Waals surface area (Å²) in [6, 6.07) is 6.78. The molecule has 100 valence electrons. The van der Waals surface area contributed by atoms with Crippen molar-refractivity contribution in [2.45, 2.75) is 12.5 Å². The van der Waals surface area contributed by atoms with Crippen LogP contribution >= 0.6 is 0 Å². The summed E-state index contributed by atoms with van der Waals surface area (Å²) in [7, 11) is 0. The van der Waals surface area contributed by atoms with Gasteiger partial charge in [-0.1, -0.05) is 18.2 Å². The number of benzene rings is 1. The highest BCUT2D eigenvalue weighted by molar-refractivity contribution is 5.85. The fourth-order valence-electron chi connectivity index (χ4n) is 1.86. The van der Waals surface area contributed by atoms with Crippen LogP contribution in [0.25, 0.3) is 10.9 Å². The van der Waals surface area contributed by atoms with Crippen molar-refractivity contribution in [1.82, 2.24) is 4.98 Å². The molecule has 19 heavy (non-hydrogen) atoms. The summed E-state index contributed by atoms with van der Waals surface area (Å²) in [5.41, 5.74) is 7.56. The molecular formula is C13H14N2O4. The number of carboxylic acid groups (broad SMARTS) is 1. The fourth-order valence-corrected chi connectivity index (χ4v) is 1.86. The Hall–Kier alpha value is -2.34. The van der Waals surface area contributed by atoms with Gasteiger partial charge in [0.2, 0.25) is 0 Å². The van der Waals surface area contributed by atoms with Crippen LogP contribution in [0.3, 0.4) is 0 Å². The molecule has 0 radical (unpaired) electrons. The van der Waals surface area contributed by atoms with E-state index in [9.17, 15) is 9.59 Å². The van der Waals surface area contributed by atoms with Crippen LogP contribution < -0.4 is 5.73 Å². The number of carboxylic acids is 1. The zero-order valence-corrected chi connectivity index (χ0v) is 10.1. The molecule has 1 heterocycles. The Morgan fingerprint density at radius 2 is 2.11 bits per heavy atom. The molecule has 2 rings (SSSR count). The summed E-state index contributed by atoms with van der Waals surface area (Å²) in [6.07, 6.45) is 2.08. The first-order valence-corrected chi connectivity index (χ1v) is 5.77. The second-order valence-electron chi connectivity index (χ2n) is 4.17. The average molecular weight is 262 g/mol. The molecule has 1 aromatic carbocycles. The second-order valence-corrected chi connectivity index (χ2v) is 4.17. The lowest BCUT2D eigenvalue weighted by Crippen LogP contribution is -2.35. The summed E-state index contributed by atoms with van der Waals surface area (Å²) >= 11 is 0. The van der Waals surface area contributed by atoms with Crippen LogP contribution in [0.15, 0.2) is 30.5 Å². The third-order valence-corrected chi connectivity index (χ3v) is 2.76. The number of para-hydroxylation sites is 1. The van der Waals surface area contributed by atoms with Gasteiger partial charge >= 0.3 is 11.9 Å². The van der Waals surface area contributed by atoms with Crippen LogP contribution in [0.4, 0.5) is 0 Å². The van der Waals surface area contributed by atoms with Crippen LogP contribution in [0.5, 0.6) is 0 Å². The minimum Gasteiger partial charge on any atom is -0.479 e. The van der Waals surface area contributed by atoms with Crippen LogP contribution in [-0.4, -0.2) is 34.7 Å². The van der Waals surface area contributed by atoms with E-state index in [1.165, 1.54) is 0 Å². The van der Waals surface area contributed by atoms with Crippen molar-refractivity contribution in [3.8, 4) is 0 Å². The summed E-state index contributed by atoms with van der Waals surface area (Å²) in [4.78, 5) is 24.9. The topological polar surface area (TPSA) is 105 Å². The Morgan fingerprint density at radius 3 is 2.84 bits per heavy atom. The van der Waals surface area contributed by atoms with Gasteiger partial charge < -0.3 is 20.6 Å². The lowest BCUT2D eigenvalue weighted by atomic mass is 10.1. The fraction of sp³-hybridized carbons (Fsp3) is 0.231. The Balaban J connectivity index is 2.04. The van der Waals surface area contributed by atoms with E-state index in [1.807, 2.05) is 24.3 Å². The quantitative estimate of drug-likeness (QED) is 0.687. The molecule has 6 heteroatoms. The predicted molar refractivity (Wildman–Crippen MR) is 68.6 cm³/mol. The molecule has 1 aromatic heterocycles. The van der Waals surface area contributed by atoms with E-state index in [0.717, 1.165) is 16.5 Å². The smallest absolute Gasteiger partial charge is 0.341 e. The first kappa shape index (κ1) is 13.1. The molecule has 0 saturated heterocycles. The van der Waals surface area contributed by atoms with Gasteiger partial charge in [0, 0.05) is 23.5 Å². The van der Waals surface area contributed by atoms with Gasteiger partial charge in [0.05, 0.1) is 0 Å². The Kier molecular flexibility index (Phi) is 3.82. The van der Waals surface area contributed by atoms with Gasteiger partial charge in [-0.25, -0.2) is 4.79 Å². The molecular weight excluding hydrogens is 248 g/mol. The number of esters is 1. The Morgan fingerprint density at radius 1 is 1.37 bits per heavy atom. The number of fused-ring (bicyclic) bond motifs is 1. The van der Waals surface area contributed by atoms with Gasteiger partial charge in [-0.2, -0.15) is 0 Å². The summed E-state index contributed by atoms with van der Waals surface area (Å²) in [5, 5.41) is 9.41. The molecule has 0 fully saturated rings. The molecule has 6 nitrogen and oxygen atoms in total. The number of nitrogens with one attached hydrogen (secondary N) is 1. The molecule has 0 saturated carbocycles. The lowest BCUT2D eigenvalue weighted by molar-refractivity contribution is -0.155. The maximum absolute atomic E-state index is 11.5. The van der Waals surface area contributed by atoms with Gasteiger partial charge in [0.15, 0.2) is 6.61 Å². The third-order valence-electron chi connectivity index (χ3n) is 2.76. The van der Waals surface area contributed by atoms with Gasteiger partial charge in [-0.3, -0.25) is 4.79 Å². The number of rotatable bonds is 5. The first-order valence-electron chi connectivity index (χ1n) is 5.77. The average Bonchev–Trinajstić information content (AvgIpc) is 2.79. The van der Waals surface area contributed by atoms with Gasteiger partial charge in [-0.05, 0) is 11.6 Å². The van der Waals surface area contributed by atoms with E-state index in [0.29, 0.717) is 6.42 Å². The van der Waals surface area contributed by atoms with Gasteiger partial charge in [0.1, 0.15) is 6.04 Å². The van der Waals surface area contributed by atoms with E-state index in [1.54, 1.807) is 6.20 Å². The highest BCUT2D eigenvalue weighted by atomic mass is 16.5. The molecule has 0 aliphatic rings. The van der Waals surface area contributed by atoms with Crippen molar-refractivity contribution in [2.75, 3.05) is 6.61 Å². The maximum Gasteiger partial charge on any atom is 0.341 e. The summed E-state index contributed by atoms with van der Waals surface area (Å²) in [6.45, 7) is -0.666. The van der Waals surface area contributed by atoms with Crippen LogP contribution in [0.2, 0.25) is 0 Å². The zero-order chi connectivity index (χ0) is 13.8.